The Bertz CT molecular complexity index is 823. The average Bonchev–Trinajstić information content (AvgIpc) is 3.23. The fourth-order valence-electron chi connectivity index (χ4n) is 4.03. The largest absolute Gasteiger partial charge is 0.441 e. The van der Waals surface area contributed by atoms with Crippen molar-refractivity contribution in [2.75, 3.05) is 19.6 Å². The number of hydrogen-bond acceptors (Lipinski definition) is 5. The zero-order valence-corrected chi connectivity index (χ0v) is 15.8. The van der Waals surface area contributed by atoms with Gasteiger partial charge in [0.2, 0.25) is 5.78 Å². The monoisotopic (exact) mass is 371 g/mol. The molecule has 2 aliphatic rings. The van der Waals surface area contributed by atoms with Crippen molar-refractivity contribution in [3.8, 4) is 0 Å². The van der Waals surface area contributed by atoms with Crippen LogP contribution in [-0.2, 0) is 4.74 Å². The average molecular weight is 371 g/mol. The highest BCUT2D eigenvalue weighted by Gasteiger charge is 2.48. The molecule has 0 aliphatic carbocycles. The molecule has 27 heavy (non-hydrogen) atoms. The highest BCUT2D eigenvalue weighted by molar-refractivity contribution is 5.92. The first-order valence-corrected chi connectivity index (χ1v) is 9.60. The smallest absolute Gasteiger partial charge is 0.410 e. The third-order valence-electron chi connectivity index (χ3n) is 5.65. The SMILES string of the molecule is CCC[C@@H](C)N1CC2(CCN(C(=O)c3cn4cccnc4n3)CC2)OC1=O. The third kappa shape index (κ3) is 3.24. The van der Waals surface area contributed by atoms with Gasteiger partial charge in [0.15, 0.2) is 0 Å². The van der Waals surface area contributed by atoms with Gasteiger partial charge in [0.1, 0.15) is 11.3 Å². The molecule has 0 radical (unpaired) electrons. The molecule has 1 atom stereocenters. The van der Waals surface area contributed by atoms with E-state index in [0.717, 1.165) is 12.8 Å². The Morgan fingerprint density at radius 3 is 2.85 bits per heavy atom. The lowest BCUT2D eigenvalue weighted by Crippen LogP contribution is -2.49. The first-order valence-electron chi connectivity index (χ1n) is 9.60. The summed E-state index contributed by atoms with van der Waals surface area (Å²) in [6, 6.07) is 1.99. The van der Waals surface area contributed by atoms with E-state index in [1.807, 2.05) is 11.1 Å². The molecular formula is C19H25N5O3. The molecule has 8 heteroatoms. The van der Waals surface area contributed by atoms with Gasteiger partial charge in [-0.25, -0.2) is 14.8 Å². The number of piperidine rings is 1. The van der Waals surface area contributed by atoms with Crippen LogP contribution in [0, 0.1) is 0 Å². The van der Waals surface area contributed by atoms with E-state index in [0.29, 0.717) is 43.9 Å². The van der Waals surface area contributed by atoms with Crippen molar-refractivity contribution < 1.29 is 14.3 Å². The quantitative estimate of drug-likeness (QED) is 0.824. The number of ether oxygens (including phenoxy) is 1. The maximum absolute atomic E-state index is 12.8. The minimum absolute atomic E-state index is 0.101. The number of imidazole rings is 1. The second kappa shape index (κ2) is 6.83. The van der Waals surface area contributed by atoms with E-state index in [1.54, 1.807) is 27.8 Å². The van der Waals surface area contributed by atoms with Crippen LogP contribution in [0.4, 0.5) is 4.79 Å². The maximum Gasteiger partial charge on any atom is 0.410 e. The highest BCUT2D eigenvalue weighted by atomic mass is 16.6. The summed E-state index contributed by atoms with van der Waals surface area (Å²) >= 11 is 0. The molecule has 0 N–H and O–H groups in total. The first-order chi connectivity index (χ1) is 13.0. The predicted octanol–water partition coefficient (Wildman–Crippen LogP) is 2.34. The standard InChI is InChI=1S/C19H25N5O3/c1-3-5-14(2)24-13-19(27-18(24)26)6-10-22(11-7-19)16(25)15-12-23-9-4-8-20-17(23)21-15/h4,8-9,12,14H,3,5-7,10-11,13H2,1-2H3/t14-/m1/s1. The Morgan fingerprint density at radius 2 is 2.15 bits per heavy atom. The van der Waals surface area contributed by atoms with Crippen molar-refractivity contribution in [2.24, 2.45) is 0 Å². The molecule has 2 fully saturated rings. The van der Waals surface area contributed by atoms with Gasteiger partial charge in [0.25, 0.3) is 5.91 Å². The molecule has 144 valence electrons. The van der Waals surface area contributed by atoms with E-state index in [-0.39, 0.29) is 18.0 Å². The number of hydrogen-bond donors (Lipinski definition) is 0. The van der Waals surface area contributed by atoms with Crippen LogP contribution in [0.25, 0.3) is 5.78 Å². The molecule has 2 aromatic heterocycles. The summed E-state index contributed by atoms with van der Waals surface area (Å²) in [5, 5.41) is 0. The zero-order valence-electron chi connectivity index (χ0n) is 15.8. The van der Waals surface area contributed by atoms with Crippen LogP contribution in [0.2, 0.25) is 0 Å². The van der Waals surface area contributed by atoms with Crippen molar-refractivity contribution >= 4 is 17.8 Å². The van der Waals surface area contributed by atoms with Crippen molar-refractivity contribution in [3.63, 3.8) is 0 Å². The van der Waals surface area contributed by atoms with E-state index in [9.17, 15) is 9.59 Å². The van der Waals surface area contributed by atoms with Crippen LogP contribution in [0.3, 0.4) is 0 Å². The number of nitrogens with zero attached hydrogens (tertiary/aromatic N) is 5. The van der Waals surface area contributed by atoms with Gasteiger partial charge in [0.05, 0.1) is 6.54 Å². The summed E-state index contributed by atoms with van der Waals surface area (Å²) in [4.78, 5) is 37.2. The molecule has 4 heterocycles. The van der Waals surface area contributed by atoms with Crippen molar-refractivity contribution in [3.05, 3.63) is 30.4 Å². The summed E-state index contributed by atoms with van der Waals surface area (Å²) in [6.07, 6.45) is 8.28. The van der Waals surface area contributed by atoms with Crippen molar-refractivity contribution in [1.29, 1.82) is 0 Å². The molecular weight excluding hydrogens is 346 g/mol. The molecule has 0 bridgehead atoms. The Morgan fingerprint density at radius 1 is 1.37 bits per heavy atom. The van der Waals surface area contributed by atoms with Crippen LogP contribution in [0.15, 0.2) is 24.7 Å². The predicted molar refractivity (Wildman–Crippen MR) is 98.4 cm³/mol. The molecule has 4 rings (SSSR count). The van der Waals surface area contributed by atoms with Crippen LogP contribution in [-0.4, -0.2) is 67.4 Å². The van der Waals surface area contributed by atoms with Gasteiger partial charge in [-0.1, -0.05) is 13.3 Å². The molecule has 0 aromatic carbocycles. The Hall–Kier alpha value is -2.64. The Labute approximate surface area is 158 Å². The van der Waals surface area contributed by atoms with Gasteiger partial charge in [-0.2, -0.15) is 0 Å². The molecule has 2 aromatic rings. The lowest BCUT2D eigenvalue weighted by atomic mass is 9.91. The van der Waals surface area contributed by atoms with E-state index >= 15 is 0 Å². The number of carbonyl (C=O) groups is 2. The van der Waals surface area contributed by atoms with Gasteiger partial charge < -0.3 is 14.5 Å². The van der Waals surface area contributed by atoms with Gasteiger partial charge >= 0.3 is 6.09 Å². The van der Waals surface area contributed by atoms with Gasteiger partial charge in [-0.3, -0.25) is 9.20 Å². The number of aromatic nitrogens is 3. The normalized spacial score (nSPS) is 20.3. The second-order valence-corrected chi connectivity index (χ2v) is 7.56. The molecule has 2 amide bonds. The van der Waals surface area contributed by atoms with Crippen LogP contribution in [0.1, 0.15) is 50.0 Å². The van der Waals surface area contributed by atoms with Gasteiger partial charge in [0, 0.05) is 50.6 Å². The van der Waals surface area contributed by atoms with E-state index in [4.69, 9.17) is 4.74 Å². The van der Waals surface area contributed by atoms with Crippen molar-refractivity contribution in [2.45, 2.75) is 51.2 Å². The fourth-order valence-corrected chi connectivity index (χ4v) is 4.03. The van der Waals surface area contributed by atoms with Gasteiger partial charge in [-0.05, 0) is 19.4 Å². The Balaban J connectivity index is 1.41. The number of rotatable bonds is 4. The Kier molecular flexibility index (Phi) is 4.49. The minimum atomic E-state index is -0.462. The molecule has 0 unspecified atom stereocenters. The topological polar surface area (TPSA) is 80.0 Å². The summed E-state index contributed by atoms with van der Waals surface area (Å²) in [7, 11) is 0. The maximum atomic E-state index is 12.8. The summed E-state index contributed by atoms with van der Waals surface area (Å²) in [5.74, 6) is 0.412. The summed E-state index contributed by atoms with van der Waals surface area (Å²) in [6.45, 7) is 5.92. The molecule has 2 aliphatic heterocycles. The number of fused-ring (bicyclic) bond motifs is 1. The fraction of sp³-hybridized carbons (Fsp3) is 0.579. The van der Waals surface area contributed by atoms with E-state index < -0.39 is 5.60 Å². The minimum Gasteiger partial charge on any atom is -0.441 e. The number of carbonyl (C=O) groups excluding carboxylic acids is 2. The number of likely N-dealkylation sites (tertiary alicyclic amines) is 1. The molecule has 1 spiro atoms. The highest BCUT2D eigenvalue weighted by Crippen LogP contribution is 2.35. The van der Waals surface area contributed by atoms with Crippen molar-refractivity contribution in [1.82, 2.24) is 24.2 Å². The zero-order chi connectivity index (χ0) is 19.0. The third-order valence-corrected chi connectivity index (χ3v) is 5.65. The lowest BCUT2D eigenvalue weighted by molar-refractivity contribution is 0.00291. The van der Waals surface area contributed by atoms with Crippen LogP contribution < -0.4 is 0 Å². The lowest BCUT2D eigenvalue weighted by Gasteiger charge is -2.37. The summed E-state index contributed by atoms with van der Waals surface area (Å²) in [5.41, 5.74) is -0.0673. The van der Waals surface area contributed by atoms with Crippen LogP contribution in [0.5, 0.6) is 0 Å². The second-order valence-electron chi connectivity index (χ2n) is 7.56. The van der Waals surface area contributed by atoms with Gasteiger partial charge in [-0.15, -0.1) is 0 Å². The summed E-state index contributed by atoms with van der Waals surface area (Å²) < 4.78 is 7.51. The first kappa shape index (κ1) is 17.8. The molecule has 2 saturated heterocycles. The molecule has 8 nitrogen and oxygen atoms in total. The number of amides is 2. The van der Waals surface area contributed by atoms with Crippen LogP contribution >= 0.6 is 0 Å². The van der Waals surface area contributed by atoms with E-state index in [1.165, 1.54) is 0 Å². The molecule has 0 saturated carbocycles. The van der Waals surface area contributed by atoms with E-state index in [2.05, 4.69) is 23.8 Å².